The number of aromatic nitrogens is 1. The largest absolute Gasteiger partial charge is 0.497 e. The van der Waals surface area contributed by atoms with Gasteiger partial charge in [0.2, 0.25) is 0 Å². The van der Waals surface area contributed by atoms with Crippen molar-refractivity contribution < 1.29 is 30.5 Å². The number of nitrogens with zero attached hydrogens (tertiary/aromatic N) is 1. The van der Waals surface area contributed by atoms with Gasteiger partial charge in [-0.2, -0.15) is 26.0 Å². The normalized spacial score (nSPS) is 12.4. The zero-order valence-corrected chi connectivity index (χ0v) is 13.7. The summed E-state index contributed by atoms with van der Waals surface area (Å²) >= 11 is 0.251. The van der Waals surface area contributed by atoms with Gasteiger partial charge in [0, 0.05) is 11.1 Å². The van der Waals surface area contributed by atoms with Gasteiger partial charge in [-0.25, -0.2) is 0 Å². The minimum absolute atomic E-state index is 0.0184. The molecule has 2 aromatic rings. The Morgan fingerprint density at radius 1 is 1.30 bits per heavy atom. The molecule has 0 atom stereocenters. The maximum Gasteiger partial charge on any atom is 0.427 e. The van der Waals surface area contributed by atoms with Crippen LogP contribution in [0.1, 0.15) is 10.4 Å². The van der Waals surface area contributed by atoms with Crippen molar-refractivity contribution in [3.63, 3.8) is 0 Å². The number of alkyl halides is 3. The first kappa shape index (κ1) is 17.7. The standard InChI is InChI=1S/C13H12F3NO4S2/c1-20-9-5-3-4-8(6-9)11-10(7-21-23(2,18)19)12(22-17-11)13(14,15)16/h3-6H,7H2,1-2H3. The van der Waals surface area contributed by atoms with Gasteiger partial charge in [0.25, 0.3) is 10.1 Å². The number of ether oxygens (including phenoxy) is 1. The molecule has 1 aromatic carbocycles. The third-order valence-electron chi connectivity index (χ3n) is 2.81. The summed E-state index contributed by atoms with van der Waals surface area (Å²) in [6, 6.07) is 6.30. The van der Waals surface area contributed by atoms with Crippen LogP contribution < -0.4 is 4.74 Å². The molecule has 0 saturated heterocycles. The molecular weight excluding hydrogens is 355 g/mol. The van der Waals surface area contributed by atoms with Gasteiger partial charge in [-0.15, -0.1) is 0 Å². The van der Waals surface area contributed by atoms with Gasteiger partial charge in [-0.3, -0.25) is 4.18 Å². The van der Waals surface area contributed by atoms with Crippen LogP contribution >= 0.6 is 11.5 Å². The summed E-state index contributed by atoms with van der Waals surface area (Å²) in [5.74, 6) is 0.444. The zero-order valence-electron chi connectivity index (χ0n) is 12.0. The lowest BCUT2D eigenvalue weighted by Crippen LogP contribution is -2.09. The second kappa shape index (κ2) is 6.46. The van der Waals surface area contributed by atoms with Crippen LogP contribution in [0.5, 0.6) is 5.75 Å². The average Bonchev–Trinajstić information content (AvgIpc) is 2.88. The van der Waals surface area contributed by atoms with E-state index in [-0.39, 0.29) is 22.8 Å². The molecule has 0 radical (unpaired) electrons. The van der Waals surface area contributed by atoms with Crippen molar-refractivity contribution in [3.05, 3.63) is 34.7 Å². The predicted molar refractivity (Wildman–Crippen MR) is 78.7 cm³/mol. The number of halogens is 3. The van der Waals surface area contributed by atoms with E-state index in [1.54, 1.807) is 18.2 Å². The van der Waals surface area contributed by atoms with Gasteiger partial charge >= 0.3 is 6.18 Å². The Morgan fingerprint density at radius 2 is 2.00 bits per heavy atom. The SMILES string of the molecule is COc1cccc(-c2nsc(C(F)(F)F)c2COS(C)(=O)=O)c1. The minimum Gasteiger partial charge on any atom is -0.497 e. The maximum atomic E-state index is 13.1. The number of hydrogen-bond donors (Lipinski definition) is 0. The van der Waals surface area contributed by atoms with Crippen LogP contribution in [0, 0.1) is 0 Å². The summed E-state index contributed by atoms with van der Waals surface area (Å²) in [6.45, 7) is -0.739. The molecule has 1 heterocycles. The molecule has 0 unspecified atom stereocenters. The van der Waals surface area contributed by atoms with E-state index in [0.717, 1.165) is 6.26 Å². The molecule has 0 saturated carbocycles. The fourth-order valence-electron chi connectivity index (χ4n) is 1.83. The molecule has 0 N–H and O–H groups in total. The lowest BCUT2D eigenvalue weighted by atomic mass is 10.1. The van der Waals surface area contributed by atoms with Crippen molar-refractivity contribution in [2.75, 3.05) is 13.4 Å². The van der Waals surface area contributed by atoms with Crippen LogP contribution in [0.3, 0.4) is 0 Å². The quantitative estimate of drug-likeness (QED) is 0.759. The summed E-state index contributed by atoms with van der Waals surface area (Å²) in [5.41, 5.74) is 0.0780. The van der Waals surface area contributed by atoms with Crippen LogP contribution in [0.15, 0.2) is 24.3 Å². The van der Waals surface area contributed by atoms with Crippen LogP contribution in [0.25, 0.3) is 11.3 Å². The first-order chi connectivity index (χ1) is 10.6. The molecule has 5 nitrogen and oxygen atoms in total. The smallest absolute Gasteiger partial charge is 0.427 e. The Labute approximate surface area is 135 Å². The van der Waals surface area contributed by atoms with Crippen LogP contribution in [-0.4, -0.2) is 26.2 Å². The molecule has 126 valence electrons. The number of methoxy groups -OCH3 is 1. The molecule has 10 heteroatoms. The molecule has 0 aliphatic heterocycles. The van der Waals surface area contributed by atoms with E-state index in [1.165, 1.54) is 13.2 Å². The molecule has 0 fully saturated rings. The average molecular weight is 367 g/mol. The summed E-state index contributed by atoms with van der Waals surface area (Å²) in [6.07, 6.45) is -3.88. The Balaban J connectivity index is 2.52. The van der Waals surface area contributed by atoms with Gasteiger partial charge in [0.15, 0.2) is 0 Å². The lowest BCUT2D eigenvalue weighted by molar-refractivity contribution is -0.135. The van der Waals surface area contributed by atoms with E-state index < -0.39 is 27.8 Å². The van der Waals surface area contributed by atoms with Crippen molar-refractivity contribution in [2.45, 2.75) is 12.8 Å². The molecular formula is C13H12F3NO4S2. The molecule has 2 rings (SSSR count). The van der Waals surface area contributed by atoms with E-state index in [9.17, 15) is 21.6 Å². The van der Waals surface area contributed by atoms with E-state index in [4.69, 9.17) is 4.74 Å². The highest BCUT2D eigenvalue weighted by molar-refractivity contribution is 7.85. The van der Waals surface area contributed by atoms with Crippen molar-refractivity contribution in [1.29, 1.82) is 0 Å². The Hall–Kier alpha value is -1.65. The van der Waals surface area contributed by atoms with Crippen molar-refractivity contribution in [3.8, 4) is 17.0 Å². The topological polar surface area (TPSA) is 65.5 Å². The first-order valence-corrected chi connectivity index (χ1v) is 8.75. The molecule has 0 aliphatic carbocycles. The highest BCUT2D eigenvalue weighted by Crippen LogP contribution is 2.40. The van der Waals surface area contributed by atoms with Gasteiger partial charge in [0.1, 0.15) is 10.6 Å². The van der Waals surface area contributed by atoms with Gasteiger partial charge in [-0.05, 0) is 23.7 Å². The van der Waals surface area contributed by atoms with E-state index in [0.29, 0.717) is 11.3 Å². The second-order valence-corrected chi connectivity index (χ2v) is 6.95. The van der Waals surface area contributed by atoms with E-state index >= 15 is 0 Å². The monoisotopic (exact) mass is 367 g/mol. The molecule has 23 heavy (non-hydrogen) atoms. The van der Waals surface area contributed by atoms with Gasteiger partial charge in [-0.1, -0.05) is 12.1 Å². The number of rotatable bonds is 5. The number of hydrogen-bond acceptors (Lipinski definition) is 6. The van der Waals surface area contributed by atoms with Gasteiger partial charge < -0.3 is 4.74 Å². The predicted octanol–water partition coefficient (Wildman–Crippen LogP) is 3.31. The number of benzene rings is 1. The Morgan fingerprint density at radius 3 is 2.57 bits per heavy atom. The van der Waals surface area contributed by atoms with E-state index in [1.807, 2.05) is 0 Å². The van der Waals surface area contributed by atoms with Crippen molar-refractivity contribution >= 4 is 21.7 Å². The van der Waals surface area contributed by atoms with Crippen LogP contribution in [0.2, 0.25) is 0 Å². The zero-order chi connectivity index (χ0) is 17.3. The highest BCUT2D eigenvalue weighted by Gasteiger charge is 2.38. The fourth-order valence-corrected chi connectivity index (χ4v) is 2.93. The minimum atomic E-state index is -4.65. The maximum absolute atomic E-state index is 13.1. The van der Waals surface area contributed by atoms with Crippen molar-refractivity contribution in [2.24, 2.45) is 0 Å². The third-order valence-corrected chi connectivity index (χ3v) is 4.29. The Bertz CT molecular complexity index is 800. The molecule has 0 spiro atoms. The molecule has 0 bridgehead atoms. The summed E-state index contributed by atoms with van der Waals surface area (Å²) < 4.78 is 74.8. The summed E-state index contributed by atoms with van der Waals surface area (Å²) in [7, 11) is -2.46. The lowest BCUT2D eigenvalue weighted by Gasteiger charge is -2.09. The van der Waals surface area contributed by atoms with Crippen LogP contribution in [0.4, 0.5) is 13.2 Å². The first-order valence-electron chi connectivity index (χ1n) is 6.16. The molecule has 0 aliphatic rings. The van der Waals surface area contributed by atoms with Crippen LogP contribution in [-0.2, 0) is 27.1 Å². The highest BCUT2D eigenvalue weighted by atomic mass is 32.2. The molecule has 1 aromatic heterocycles. The molecule has 0 amide bonds. The summed E-state index contributed by atoms with van der Waals surface area (Å²) in [5, 5.41) is 0. The summed E-state index contributed by atoms with van der Waals surface area (Å²) in [4.78, 5) is -0.987. The third kappa shape index (κ3) is 4.43. The van der Waals surface area contributed by atoms with Crippen molar-refractivity contribution in [1.82, 2.24) is 4.37 Å². The van der Waals surface area contributed by atoms with Gasteiger partial charge in [0.05, 0.1) is 25.7 Å². The van der Waals surface area contributed by atoms with E-state index in [2.05, 4.69) is 8.56 Å². The fraction of sp³-hybridized carbons (Fsp3) is 0.308. The Kier molecular flexibility index (Phi) is 4.97. The second-order valence-electron chi connectivity index (χ2n) is 4.53.